The van der Waals surface area contributed by atoms with Crippen molar-refractivity contribution in [1.82, 2.24) is 15.1 Å². The molecule has 4 fully saturated rings. The summed E-state index contributed by atoms with van der Waals surface area (Å²) in [7, 11) is 6.60. The van der Waals surface area contributed by atoms with Crippen LogP contribution in [0.25, 0.3) is 0 Å². The van der Waals surface area contributed by atoms with E-state index in [1.54, 1.807) is 0 Å². The van der Waals surface area contributed by atoms with Gasteiger partial charge < -0.3 is 19.9 Å². The molecule has 3 saturated carbocycles. The van der Waals surface area contributed by atoms with Crippen molar-refractivity contribution in [3.05, 3.63) is 0 Å². The molecule has 0 radical (unpaired) electrons. The van der Waals surface area contributed by atoms with Crippen LogP contribution >= 0.6 is 0 Å². The third-order valence-corrected chi connectivity index (χ3v) is 9.68. The molecule has 4 heteroatoms. The number of fused-ring (bicyclic) bond motifs is 2. The molecule has 1 unspecified atom stereocenters. The number of nitrogens with one attached hydrogen (secondary N) is 1. The Morgan fingerprint density at radius 3 is 2.48 bits per heavy atom. The number of ether oxygens (including phenoxy) is 1. The number of unbranched alkanes of at least 4 members (excludes halogenated alkanes) is 1. The van der Waals surface area contributed by atoms with E-state index in [4.69, 9.17) is 4.74 Å². The standard InChI is InChI=1S/C25H47N3O/c1-19-10-11-21-24(3)22(20-18-25(19,21)13-12-23(20,2)29-24)26-14-7-8-16-28(6)17-9-15-27(4)5/h19-22,26H,7-18H2,1-6H3/t19-,20-,21-,22+,23-,24+,25?/m1/s1. The highest BCUT2D eigenvalue weighted by atomic mass is 16.5. The van der Waals surface area contributed by atoms with E-state index in [-0.39, 0.29) is 11.2 Å². The molecule has 3 bridgehead atoms. The normalized spacial score (nSPS) is 45.5. The van der Waals surface area contributed by atoms with Crippen molar-refractivity contribution in [3.8, 4) is 0 Å². The summed E-state index contributed by atoms with van der Waals surface area (Å²) in [5, 5.41) is 4.04. The lowest BCUT2D eigenvalue weighted by Gasteiger charge is -2.55. The zero-order chi connectivity index (χ0) is 20.9. The van der Waals surface area contributed by atoms with E-state index in [2.05, 4.69) is 57.0 Å². The Hall–Kier alpha value is -0.160. The van der Waals surface area contributed by atoms with Crippen LogP contribution in [0.2, 0.25) is 0 Å². The topological polar surface area (TPSA) is 27.7 Å². The highest BCUT2D eigenvalue weighted by molar-refractivity contribution is 5.24. The van der Waals surface area contributed by atoms with Crippen molar-refractivity contribution in [2.24, 2.45) is 23.2 Å². The fraction of sp³-hybridized carbons (Fsp3) is 1.00. The lowest BCUT2D eigenvalue weighted by Crippen LogP contribution is -2.62. The molecule has 0 amide bonds. The average Bonchev–Trinajstić information content (AvgIpc) is 3.02. The van der Waals surface area contributed by atoms with Crippen LogP contribution in [0.15, 0.2) is 0 Å². The van der Waals surface area contributed by atoms with Gasteiger partial charge in [-0.05, 0) is 130 Å². The van der Waals surface area contributed by atoms with Crippen LogP contribution in [0.3, 0.4) is 0 Å². The van der Waals surface area contributed by atoms with Crippen LogP contribution in [-0.4, -0.2) is 74.4 Å². The summed E-state index contributed by atoms with van der Waals surface area (Å²) in [4.78, 5) is 4.78. The largest absolute Gasteiger partial charge is 0.367 e. The van der Waals surface area contributed by atoms with Crippen molar-refractivity contribution < 1.29 is 4.74 Å². The highest BCUT2D eigenvalue weighted by Gasteiger charge is 2.73. The Kier molecular flexibility index (Phi) is 6.14. The second-order valence-corrected chi connectivity index (χ2v) is 11.8. The molecule has 3 aliphatic carbocycles. The minimum absolute atomic E-state index is 0.0574. The molecule has 1 heterocycles. The summed E-state index contributed by atoms with van der Waals surface area (Å²) in [6.45, 7) is 12.2. The van der Waals surface area contributed by atoms with Gasteiger partial charge in [0.1, 0.15) is 0 Å². The van der Waals surface area contributed by atoms with Crippen LogP contribution in [0.4, 0.5) is 0 Å². The van der Waals surface area contributed by atoms with Crippen molar-refractivity contribution in [2.75, 3.05) is 47.3 Å². The van der Waals surface area contributed by atoms with Gasteiger partial charge in [0, 0.05) is 12.0 Å². The molecule has 29 heavy (non-hydrogen) atoms. The van der Waals surface area contributed by atoms with Gasteiger partial charge in [-0.3, -0.25) is 0 Å². The minimum atomic E-state index is 0.0574. The molecule has 4 aliphatic rings. The van der Waals surface area contributed by atoms with Crippen LogP contribution in [-0.2, 0) is 4.74 Å². The van der Waals surface area contributed by atoms with Crippen LogP contribution in [0.1, 0.15) is 72.1 Å². The van der Waals surface area contributed by atoms with Gasteiger partial charge in [0.15, 0.2) is 0 Å². The minimum Gasteiger partial charge on any atom is -0.367 e. The third-order valence-electron chi connectivity index (χ3n) is 9.68. The van der Waals surface area contributed by atoms with Gasteiger partial charge in [-0.15, -0.1) is 0 Å². The number of hydrogen-bond acceptors (Lipinski definition) is 4. The third kappa shape index (κ3) is 3.70. The summed E-state index contributed by atoms with van der Waals surface area (Å²) in [5.41, 5.74) is 0.763. The molecule has 1 N–H and O–H groups in total. The van der Waals surface area contributed by atoms with E-state index < -0.39 is 0 Å². The smallest absolute Gasteiger partial charge is 0.0851 e. The van der Waals surface area contributed by atoms with E-state index in [0.29, 0.717) is 17.4 Å². The Morgan fingerprint density at radius 1 is 0.966 bits per heavy atom. The molecule has 0 aromatic carbocycles. The lowest BCUT2D eigenvalue weighted by atomic mass is 9.49. The molecule has 0 aromatic rings. The van der Waals surface area contributed by atoms with E-state index in [1.165, 1.54) is 71.0 Å². The summed E-state index contributed by atoms with van der Waals surface area (Å²) >= 11 is 0. The predicted octanol–water partition coefficient (Wildman–Crippen LogP) is 4.00. The average molecular weight is 406 g/mol. The molecule has 4 rings (SSSR count). The first kappa shape index (κ1) is 22.0. The summed E-state index contributed by atoms with van der Waals surface area (Å²) < 4.78 is 7.00. The van der Waals surface area contributed by atoms with Crippen LogP contribution in [0.5, 0.6) is 0 Å². The fourth-order valence-electron chi connectivity index (χ4n) is 8.08. The quantitative estimate of drug-likeness (QED) is 0.556. The number of hydrogen-bond donors (Lipinski definition) is 1. The Morgan fingerprint density at radius 2 is 1.72 bits per heavy atom. The first-order chi connectivity index (χ1) is 13.7. The summed E-state index contributed by atoms with van der Waals surface area (Å²) in [6, 6.07) is 0.564. The Labute approximate surface area is 180 Å². The van der Waals surface area contributed by atoms with Gasteiger partial charge in [-0.2, -0.15) is 0 Å². The van der Waals surface area contributed by atoms with E-state index in [1.807, 2.05) is 0 Å². The van der Waals surface area contributed by atoms with Gasteiger partial charge >= 0.3 is 0 Å². The monoisotopic (exact) mass is 405 g/mol. The molecular formula is C25H47N3O. The first-order valence-corrected chi connectivity index (χ1v) is 12.5. The van der Waals surface area contributed by atoms with Crippen LogP contribution in [0, 0.1) is 23.2 Å². The number of nitrogens with zero attached hydrogens (tertiary/aromatic N) is 2. The zero-order valence-electron chi connectivity index (χ0n) is 20.1. The molecule has 168 valence electrons. The zero-order valence-corrected chi connectivity index (χ0v) is 20.1. The molecule has 7 atom stereocenters. The fourth-order valence-corrected chi connectivity index (χ4v) is 8.08. The number of rotatable bonds is 10. The van der Waals surface area contributed by atoms with Gasteiger partial charge in [0.25, 0.3) is 0 Å². The SMILES string of the molecule is C[C@@H]1CC[C@H]2C13CC[C@@]1(C)O[C@]2(C)[C@@H](NCCCCN(C)CCCN(C)C)[C@H]1C3. The van der Waals surface area contributed by atoms with Crippen LogP contribution < -0.4 is 5.32 Å². The van der Waals surface area contributed by atoms with Crippen molar-refractivity contribution >= 4 is 0 Å². The maximum atomic E-state index is 7.00. The molecule has 1 saturated heterocycles. The molecule has 4 nitrogen and oxygen atoms in total. The van der Waals surface area contributed by atoms with Crippen molar-refractivity contribution in [2.45, 2.75) is 89.4 Å². The molecule has 0 aromatic heterocycles. The molecular weight excluding hydrogens is 358 g/mol. The van der Waals surface area contributed by atoms with Crippen molar-refractivity contribution in [1.29, 1.82) is 0 Å². The molecule has 1 aliphatic heterocycles. The highest BCUT2D eigenvalue weighted by Crippen LogP contribution is 2.72. The first-order valence-electron chi connectivity index (χ1n) is 12.5. The Bertz CT molecular complexity index is 582. The lowest BCUT2D eigenvalue weighted by molar-refractivity contribution is -0.115. The van der Waals surface area contributed by atoms with Gasteiger partial charge in [-0.25, -0.2) is 0 Å². The second kappa shape index (κ2) is 8.07. The summed E-state index contributed by atoms with van der Waals surface area (Å²) in [5.74, 6) is 2.38. The molecule has 1 spiro atoms. The second-order valence-electron chi connectivity index (χ2n) is 11.8. The van der Waals surface area contributed by atoms with E-state index in [9.17, 15) is 0 Å². The van der Waals surface area contributed by atoms with Gasteiger partial charge in [0.2, 0.25) is 0 Å². The Balaban J connectivity index is 1.28. The van der Waals surface area contributed by atoms with E-state index in [0.717, 1.165) is 18.4 Å². The van der Waals surface area contributed by atoms with Gasteiger partial charge in [-0.1, -0.05) is 6.92 Å². The van der Waals surface area contributed by atoms with Gasteiger partial charge in [0.05, 0.1) is 11.2 Å². The van der Waals surface area contributed by atoms with E-state index >= 15 is 0 Å². The van der Waals surface area contributed by atoms with Crippen molar-refractivity contribution in [3.63, 3.8) is 0 Å². The maximum absolute atomic E-state index is 7.00. The maximum Gasteiger partial charge on any atom is 0.0851 e. The summed E-state index contributed by atoms with van der Waals surface area (Å²) in [6.07, 6.45) is 10.7. The predicted molar refractivity (Wildman–Crippen MR) is 121 cm³/mol.